The number of hydrogen-bond donors (Lipinski definition) is 1. The molecule has 1 aliphatic rings. The SMILES string of the molecule is COc1ccc(C(=O)/C=C2\C(=O)Nc3ccc(F)cc32)cc1OC. The fraction of sp³-hybridized carbons (Fsp3) is 0.111. The summed E-state index contributed by atoms with van der Waals surface area (Å²) in [5.74, 6) is -0.408. The normalized spacial score (nSPS) is 14.3. The highest BCUT2D eigenvalue weighted by molar-refractivity contribution is 6.35. The number of amides is 1. The van der Waals surface area contributed by atoms with E-state index in [9.17, 15) is 14.0 Å². The van der Waals surface area contributed by atoms with Gasteiger partial charge in [-0.1, -0.05) is 0 Å². The standard InChI is InChI=1S/C18H14FNO4/c1-23-16-6-3-10(7-17(16)24-2)15(21)9-13-12-8-11(19)4-5-14(12)20-18(13)22/h3-9H,1-2H3,(H,20,22)/b13-9-. The minimum Gasteiger partial charge on any atom is -0.493 e. The van der Waals surface area contributed by atoms with E-state index in [1.807, 2.05) is 0 Å². The van der Waals surface area contributed by atoms with Crippen molar-refractivity contribution in [3.8, 4) is 11.5 Å². The van der Waals surface area contributed by atoms with Crippen LogP contribution in [0.15, 0.2) is 42.5 Å². The molecule has 0 unspecified atom stereocenters. The predicted molar refractivity (Wildman–Crippen MR) is 86.9 cm³/mol. The van der Waals surface area contributed by atoms with Crippen molar-refractivity contribution in [1.82, 2.24) is 0 Å². The Morgan fingerprint density at radius 2 is 1.83 bits per heavy atom. The number of nitrogens with one attached hydrogen (secondary N) is 1. The molecular formula is C18H14FNO4. The number of carbonyl (C=O) groups is 2. The van der Waals surface area contributed by atoms with Gasteiger partial charge in [-0.25, -0.2) is 4.39 Å². The van der Waals surface area contributed by atoms with Gasteiger partial charge in [0, 0.05) is 16.8 Å². The number of benzene rings is 2. The van der Waals surface area contributed by atoms with Gasteiger partial charge in [-0.05, 0) is 42.5 Å². The number of rotatable bonds is 4. The second kappa shape index (κ2) is 6.16. The van der Waals surface area contributed by atoms with Crippen molar-refractivity contribution >= 4 is 23.0 Å². The number of carbonyl (C=O) groups excluding carboxylic acids is 2. The Morgan fingerprint density at radius 3 is 2.54 bits per heavy atom. The fourth-order valence-corrected chi connectivity index (χ4v) is 2.51. The molecule has 0 aliphatic carbocycles. The second-order valence-electron chi connectivity index (χ2n) is 5.14. The molecule has 0 spiro atoms. The molecule has 3 rings (SSSR count). The van der Waals surface area contributed by atoms with E-state index < -0.39 is 17.5 Å². The van der Waals surface area contributed by atoms with Gasteiger partial charge in [0.1, 0.15) is 5.82 Å². The van der Waals surface area contributed by atoms with Gasteiger partial charge in [0.25, 0.3) is 5.91 Å². The summed E-state index contributed by atoms with van der Waals surface area (Å²) in [6.07, 6.45) is 1.20. The maximum atomic E-state index is 13.4. The van der Waals surface area contributed by atoms with Gasteiger partial charge in [0.2, 0.25) is 0 Å². The molecule has 0 bridgehead atoms. The average molecular weight is 327 g/mol. The molecule has 2 aromatic rings. The van der Waals surface area contributed by atoms with Crippen LogP contribution in [0.4, 0.5) is 10.1 Å². The predicted octanol–water partition coefficient (Wildman–Crippen LogP) is 3.06. The number of fused-ring (bicyclic) bond motifs is 1. The molecule has 1 N–H and O–H groups in total. The zero-order valence-corrected chi connectivity index (χ0v) is 13.1. The van der Waals surface area contributed by atoms with Gasteiger partial charge in [0.05, 0.1) is 19.8 Å². The third-order valence-electron chi connectivity index (χ3n) is 3.71. The van der Waals surface area contributed by atoms with Crippen LogP contribution in [-0.2, 0) is 4.79 Å². The molecule has 0 radical (unpaired) electrons. The highest BCUT2D eigenvalue weighted by Crippen LogP contribution is 2.33. The number of anilines is 1. The highest BCUT2D eigenvalue weighted by Gasteiger charge is 2.25. The van der Waals surface area contributed by atoms with Crippen LogP contribution < -0.4 is 14.8 Å². The molecule has 1 aliphatic heterocycles. The molecule has 2 aromatic carbocycles. The van der Waals surface area contributed by atoms with Crippen molar-refractivity contribution in [2.24, 2.45) is 0 Å². The van der Waals surface area contributed by atoms with E-state index in [4.69, 9.17) is 9.47 Å². The fourth-order valence-electron chi connectivity index (χ4n) is 2.51. The summed E-state index contributed by atoms with van der Waals surface area (Å²) in [6, 6.07) is 8.63. The van der Waals surface area contributed by atoms with E-state index in [-0.39, 0.29) is 5.57 Å². The third-order valence-corrected chi connectivity index (χ3v) is 3.71. The van der Waals surface area contributed by atoms with Gasteiger partial charge in [0.15, 0.2) is 17.3 Å². The van der Waals surface area contributed by atoms with Crippen LogP contribution in [-0.4, -0.2) is 25.9 Å². The molecule has 122 valence electrons. The van der Waals surface area contributed by atoms with Gasteiger partial charge in [-0.15, -0.1) is 0 Å². The topological polar surface area (TPSA) is 64.6 Å². The Labute approximate surface area is 137 Å². The minimum atomic E-state index is -0.477. The molecule has 0 saturated carbocycles. The van der Waals surface area contributed by atoms with E-state index in [2.05, 4.69) is 5.32 Å². The molecule has 0 aromatic heterocycles. The van der Waals surface area contributed by atoms with E-state index in [0.29, 0.717) is 28.3 Å². The van der Waals surface area contributed by atoms with Crippen molar-refractivity contribution in [2.45, 2.75) is 0 Å². The molecule has 6 heteroatoms. The molecular weight excluding hydrogens is 313 g/mol. The first kappa shape index (κ1) is 15.7. The van der Waals surface area contributed by atoms with Crippen LogP contribution >= 0.6 is 0 Å². The average Bonchev–Trinajstić information content (AvgIpc) is 2.89. The number of halogens is 1. The third kappa shape index (κ3) is 2.74. The number of methoxy groups -OCH3 is 2. The summed E-state index contributed by atoms with van der Waals surface area (Å²) in [5, 5.41) is 2.60. The minimum absolute atomic E-state index is 0.129. The van der Waals surface area contributed by atoms with Gasteiger partial charge >= 0.3 is 0 Å². The lowest BCUT2D eigenvalue weighted by Gasteiger charge is -2.08. The van der Waals surface area contributed by atoms with Crippen LogP contribution in [0.3, 0.4) is 0 Å². The maximum absolute atomic E-state index is 13.4. The van der Waals surface area contributed by atoms with Crippen LogP contribution in [0.2, 0.25) is 0 Å². The summed E-state index contributed by atoms with van der Waals surface area (Å²) in [6.45, 7) is 0. The van der Waals surface area contributed by atoms with Crippen LogP contribution in [0.1, 0.15) is 15.9 Å². The molecule has 24 heavy (non-hydrogen) atoms. The zero-order valence-electron chi connectivity index (χ0n) is 13.1. The molecule has 1 amide bonds. The Kier molecular flexibility index (Phi) is 4.04. The first-order valence-electron chi connectivity index (χ1n) is 7.13. The summed E-state index contributed by atoms with van der Waals surface area (Å²) in [5.41, 5.74) is 1.31. The number of ketones is 1. The lowest BCUT2D eigenvalue weighted by molar-refractivity contribution is -0.110. The Balaban J connectivity index is 1.99. The molecule has 1 heterocycles. The first-order valence-corrected chi connectivity index (χ1v) is 7.13. The van der Waals surface area contributed by atoms with Crippen LogP contribution in [0, 0.1) is 5.82 Å². The van der Waals surface area contributed by atoms with Crippen molar-refractivity contribution in [1.29, 1.82) is 0 Å². The maximum Gasteiger partial charge on any atom is 0.256 e. The summed E-state index contributed by atoms with van der Waals surface area (Å²) < 4.78 is 23.7. The van der Waals surface area contributed by atoms with E-state index in [1.54, 1.807) is 12.1 Å². The quantitative estimate of drug-likeness (QED) is 0.692. The summed E-state index contributed by atoms with van der Waals surface area (Å²) in [4.78, 5) is 24.5. The number of hydrogen-bond acceptors (Lipinski definition) is 4. The van der Waals surface area contributed by atoms with E-state index in [0.717, 1.165) is 0 Å². The lowest BCUT2D eigenvalue weighted by atomic mass is 10.0. The Morgan fingerprint density at radius 1 is 1.08 bits per heavy atom. The number of ether oxygens (including phenoxy) is 2. The Hall–Kier alpha value is -3.15. The largest absolute Gasteiger partial charge is 0.493 e. The molecule has 0 fully saturated rings. The van der Waals surface area contributed by atoms with Gasteiger partial charge < -0.3 is 14.8 Å². The number of allylic oxidation sites excluding steroid dienone is 1. The second-order valence-corrected chi connectivity index (χ2v) is 5.14. The zero-order chi connectivity index (χ0) is 17.3. The molecule has 0 saturated heterocycles. The van der Waals surface area contributed by atoms with Crippen LogP contribution in [0.25, 0.3) is 5.57 Å². The van der Waals surface area contributed by atoms with Crippen molar-refractivity contribution < 1.29 is 23.5 Å². The van der Waals surface area contributed by atoms with Crippen molar-refractivity contribution in [3.05, 3.63) is 59.4 Å². The van der Waals surface area contributed by atoms with Gasteiger partial charge in [-0.3, -0.25) is 9.59 Å². The van der Waals surface area contributed by atoms with E-state index in [1.165, 1.54) is 44.6 Å². The Bertz CT molecular complexity index is 873. The van der Waals surface area contributed by atoms with Gasteiger partial charge in [-0.2, -0.15) is 0 Å². The molecule has 0 atom stereocenters. The van der Waals surface area contributed by atoms with E-state index >= 15 is 0 Å². The van der Waals surface area contributed by atoms with Crippen molar-refractivity contribution in [3.63, 3.8) is 0 Å². The van der Waals surface area contributed by atoms with Crippen molar-refractivity contribution in [2.75, 3.05) is 19.5 Å². The highest BCUT2D eigenvalue weighted by atomic mass is 19.1. The van der Waals surface area contributed by atoms with Crippen LogP contribution in [0.5, 0.6) is 11.5 Å². The lowest BCUT2D eigenvalue weighted by Crippen LogP contribution is -2.06. The smallest absolute Gasteiger partial charge is 0.256 e. The summed E-state index contributed by atoms with van der Waals surface area (Å²) >= 11 is 0. The summed E-state index contributed by atoms with van der Waals surface area (Å²) in [7, 11) is 2.96. The monoisotopic (exact) mass is 327 g/mol. The molecule has 5 nitrogen and oxygen atoms in total. The first-order chi connectivity index (χ1) is 11.5.